The molecular formula is C21H22BrN5. The number of rotatable bonds is 6. The molecular weight excluding hydrogens is 402 g/mol. The molecule has 0 spiro atoms. The van der Waals surface area contributed by atoms with Crippen molar-refractivity contribution >= 4 is 27.7 Å². The fourth-order valence-corrected chi connectivity index (χ4v) is 3.80. The third kappa shape index (κ3) is 4.83. The first kappa shape index (κ1) is 17.9. The van der Waals surface area contributed by atoms with Crippen molar-refractivity contribution in [2.24, 2.45) is 0 Å². The zero-order valence-electron chi connectivity index (χ0n) is 15.0. The average Bonchev–Trinajstić information content (AvgIpc) is 3.20. The third-order valence-electron chi connectivity index (χ3n) is 4.73. The molecule has 1 aliphatic rings. The van der Waals surface area contributed by atoms with Gasteiger partial charge in [-0.15, -0.1) is 0 Å². The summed E-state index contributed by atoms with van der Waals surface area (Å²) in [6, 6.07) is 14.7. The van der Waals surface area contributed by atoms with Gasteiger partial charge in [0.25, 0.3) is 0 Å². The van der Waals surface area contributed by atoms with E-state index in [1.807, 2.05) is 36.5 Å². The van der Waals surface area contributed by atoms with Crippen molar-refractivity contribution in [3.63, 3.8) is 0 Å². The average molecular weight is 424 g/mol. The minimum Gasteiger partial charge on any atom is -0.366 e. The van der Waals surface area contributed by atoms with Gasteiger partial charge >= 0.3 is 0 Å². The Morgan fingerprint density at radius 1 is 1.04 bits per heavy atom. The van der Waals surface area contributed by atoms with Crippen molar-refractivity contribution in [3.8, 4) is 11.3 Å². The lowest BCUT2D eigenvalue weighted by Crippen LogP contribution is -2.17. The van der Waals surface area contributed by atoms with Gasteiger partial charge in [0.1, 0.15) is 5.82 Å². The molecule has 1 aromatic carbocycles. The van der Waals surface area contributed by atoms with Crippen LogP contribution in [0, 0.1) is 0 Å². The Bertz CT molecular complexity index is 894. The summed E-state index contributed by atoms with van der Waals surface area (Å²) in [5, 5.41) is 6.94. The van der Waals surface area contributed by atoms with Crippen LogP contribution in [0.25, 0.3) is 11.3 Å². The fraction of sp³-hybridized carbons (Fsp3) is 0.286. The SMILES string of the molecule is Brc1cccc(CNc2cc(-c3cccnc3)nc(NC3CCCC3)n2)c1. The van der Waals surface area contributed by atoms with E-state index in [1.54, 1.807) is 6.20 Å². The van der Waals surface area contributed by atoms with Crippen molar-refractivity contribution < 1.29 is 0 Å². The lowest BCUT2D eigenvalue weighted by Gasteiger charge is -2.15. The van der Waals surface area contributed by atoms with Crippen molar-refractivity contribution in [2.45, 2.75) is 38.3 Å². The maximum Gasteiger partial charge on any atom is 0.225 e. The molecule has 2 aromatic heterocycles. The minimum absolute atomic E-state index is 0.465. The number of halogens is 1. The quantitative estimate of drug-likeness (QED) is 0.565. The maximum atomic E-state index is 4.73. The van der Waals surface area contributed by atoms with E-state index in [2.05, 4.69) is 43.7 Å². The molecule has 5 nitrogen and oxygen atoms in total. The molecule has 0 unspecified atom stereocenters. The lowest BCUT2D eigenvalue weighted by molar-refractivity contribution is 0.744. The molecule has 27 heavy (non-hydrogen) atoms. The Labute approximate surface area is 167 Å². The fourth-order valence-electron chi connectivity index (χ4n) is 3.36. The summed E-state index contributed by atoms with van der Waals surface area (Å²) in [6.45, 7) is 0.700. The summed E-state index contributed by atoms with van der Waals surface area (Å²) in [7, 11) is 0. The predicted molar refractivity (Wildman–Crippen MR) is 113 cm³/mol. The summed E-state index contributed by atoms with van der Waals surface area (Å²) < 4.78 is 1.07. The molecule has 1 aliphatic carbocycles. The highest BCUT2D eigenvalue weighted by molar-refractivity contribution is 9.10. The van der Waals surface area contributed by atoms with Gasteiger partial charge in [0, 0.05) is 41.1 Å². The second kappa shape index (κ2) is 8.48. The number of hydrogen-bond acceptors (Lipinski definition) is 5. The molecule has 6 heteroatoms. The zero-order chi connectivity index (χ0) is 18.5. The van der Waals surface area contributed by atoms with Gasteiger partial charge in [-0.1, -0.05) is 40.9 Å². The second-order valence-electron chi connectivity index (χ2n) is 6.81. The van der Waals surface area contributed by atoms with Gasteiger partial charge < -0.3 is 10.6 Å². The number of pyridine rings is 1. The van der Waals surface area contributed by atoms with Crippen molar-refractivity contribution in [1.82, 2.24) is 15.0 Å². The molecule has 0 atom stereocenters. The Morgan fingerprint density at radius 2 is 1.93 bits per heavy atom. The van der Waals surface area contributed by atoms with Crippen LogP contribution < -0.4 is 10.6 Å². The maximum absolute atomic E-state index is 4.73. The molecule has 0 amide bonds. The third-order valence-corrected chi connectivity index (χ3v) is 5.23. The summed E-state index contributed by atoms with van der Waals surface area (Å²) in [5.74, 6) is 1.49. The lowest BCUT2D eigenvalue weighted by atomic mass is 10.2. The summed E-state index contributed by atoms with van der Waals surface area (Å²) in [4.78, 5) is 13.6. The standard InChI is InChI=1S/C21H22BrN5/c22-17-7-3-5-15(11-17)13-24-20-12-19(16-6-4-10-23-14-16)26-21(27-20)25-18-8-1-2-9-18/h3-7,10-12,14,18H,1-2,8-9,13H2,(H2,24,25,26,27). The Hall–Kier alpha value is -2.47. The molecule has 3 aromatic rings. The van der Waals surface area contributed by atoms with E-state index in [0.29, 0.717) is 18.5 Å². The Kier molecular flexibility index (Phi) is 5.63. The molecule has 1 saturated carbocycles. The van der Waals surface area contributed by atoms with E-state index in [0.717, 1.165) is 21.5 Å². The highest BCUT2D eigenvalue weighted by Gasteiger charge is 2.16. The number of hydrogen-bond donors (Lipinski definition) is 2. The van der Waals surface area contributed by atoms with Gasteiger partial charge in [-0.05, 0) is 42.7 Å². The van der Waals surface area contributed by atoms with E-state index >= 15 is 0 Å². The molecule has 0 saturated heterocycles. The van der Waals surface area contributed by atoms with Crippen LogP contribution >= 0.6 is 15.9 Å². The molecule has 0 aliphatic heterocycles. The normalized spacial score (nSPS) is 14.3. The van der Waals surface area contributed by atoms with Gasteiger partial charge in [0.2, 0.25) is 5.95 Å². The highest BCUT2D eigenvalue weighted by atomic mass is 79.9. The van der Waals surface area contributed by atoms with Crippen LogP contribution in [0.3, 0.4) is 0 Å². The monoisotopic (exact) mass is 423 g/mol. The molecule has 0 bridgehead atoms. The summed E-state index contributed by atoms with van der Waals surface area (Å²) >= 11 is 3.52. The van der Waals surface area contributed by atoms with Crippen LogP contribution in [-0.2, 0) is 6.54 Å². The van der Waals surface area contributed by atoms with Crippen molar-refractivity contribution in [1.29, 1.82) is 0 Å². The molecule has 138 valence electrons. The van der Waals surface area contributed by atoms with Crippen LogP contribution in [0.4, 0.5) is 11.8 Å². The predicted octanol–water partition coefficient (Wildman–Crippen LogP) is 5.27. The number of nitrogens with one attached hydrogen (secondary N) is 2. The first-order valence-corrected chi connectivity index (χ1v) is 10.1. The van der Waals surface area contributed by atoms with Crippen LogP contribution in [0.1, 0.15) is 31.2 Å². The van der Waals surface area contributed by atoms with E-state index in [1.165, 1.54) is 31.2 Å². The molecule has 1 fully saturated rings. The molecule has 2 N–H and O–H groups in total. The first-order valence-electron chi connectivity index (χ1n) is 9.30. The van der Waals surface area contributed by atoms with E-state index in [9.17, 15) is 0 Å². The van der Waals surface area contributed by atoms with Crippen molar-refractivity contribution in [3.05, 3.63) is 64.9 Å². The smallest absolute Gasteiger partial charge is 0.225 e. The van der Waals surface area contributed by atoms with Gasteiger partial charge in [0.05, 0.1) is 5.69 Å². The second-order valence-corrected chi connectivity index (χ2v) is 7.73. The van der Waals surface area contributed by atoms with E-state index in [-0.39, 0.29) is 0 Å². The first-order chi connectivity index (χ1) is 13.3. The minimum atomic E-state index is 0.465. The Balaban J connectivity index is 1.58. The number of nitrogens with zero attached hydrogens (tertiary/aromatic N) is 3. The van der Waals surface area contributed by atoms with E-state index < -0.39 is 0 Å². The van der Waals surface area contributed by atoms with Crippen LogP contribution in [0.2, 0.25) is 0 Å². The number of benzene rings is 1. The molecule has 0 radical (unpaired) electrons. The molecule has 2 heterocycles. The molecule has 4 rings (SSSR count). The topological polar surface area (TPSA) is 62.7 Å². The van der Waals surface area contributed by atoms with Gasteiger partial charge in [-0.2, -0.15) is 4.98 Å². The summed E-state index contributed by atoms with van der Waals surface area (Å²) in [5.41, 5.74) is 3.05. The number of anilines is 2. The van der Waals surface area contributed by atoms with Gasteiger partial charge in [0.15, 0.2) is 0 Å². The van der Waals surface area contributed by atoms with Crippen molar-refractivity contribution in [2.75, 3.05) is 10.6 Å². The zero-order valence-corrected chi connectivity index (χ0v) is 16.6. The Morgan fingerprint density at radius 3 is 2.70 bits per heavy atom. The van der Waals surface area contributed by atoms with Crippen LogP contribution in [0.5, 0.6) is 0 Å². The summed E-state index contributed by atoms with van der Waals surface area (Å²) in [6.07, 6.45) is 8.51. The van der Waals surface area contributed by atoms with Gasteiger partial charge in [-0.3, -0.25) is 4.98 Å². The van der Waals surface area contributed by atoms with Crippen LogP contribution in [-0.4, -0.2) is 21.0 Å². The highest BCUT2D eigenvalue weighted by Crippen LogP contribution is 2.25. The van der Waals surface area contributed by atoms with Gasteiger partial charge in [-0.25, -0.2) is 4.98 Å². The van der Waals surface area contributed by atoms with E-state index in [4.69, 9.17) is 9.97 Å². The van der Waals surface area contributed by atoms with Crippen LogP contribution in [0.15, 0.2) is 59.3 Å². The number of aromatic nitrogens is 3. The largest absolute Gasteiger partial charge is 0.366 e.